The van der Waals surface area contributed by atoms with Crippen LogP contribution in [0.15, 0.2) is 30.3 Å². The summed E-state index contributed by atoms with van der Waals surface area (Å²) in [4.78, 5) is 10.9. The number of carboxylic acids is 1. The van der Waals surface area contributed by atoms with E-state index in [9.17, 15) is 4.79 Å². The molecule has 2 rings (SSSR count). The lowest BCUT2D eigenvalue weighted by molar-refractivity contribution is -0.138. The minimum atomic E-state index is -0.680. The Morgan fingerprint density at radius 2 is 1.59 bits per heavy atom. The lowest BCUT2D eigenvalue weighted by Gasteiger charge is -2.27. The fraction of sp³-hybridized carbons (Fsp3) is 0.588. The number of ether oxygens (including phenoxy) is 1. The Bertz CT molecular complexity index is 408. The highest BCUT2D eigenvalue weighted by Gasteiger charge is 2.37. The molecule has 1 fully saturated rings. The van der Waals surface area contributed by atoms with Gasteiger partial charge in [0.25, 0.3) is 0 Å². The van der Waals surface area contributed by atoms with Crippen LogP contribution in [0.4, 0.5) is 0 Å². The van der Waals surface area contributed by atoms with Gasteiger partial charge in [0.15, 0.2) is 0 Å². The Morgan fingerprint density at radius 1 is 1.05 bits per heavy atom. The number of aliphatic hydroxyl groups excluding tert-OH is 2. The maximum Gasteiger partial charge on any atom is 0.304 e. The summed E-state index contributed by atoms with van der Waals surface area (Å²) in [5, 5.41) is 25.2. The van der Waals surface area contributed by atoms with Gasteiger partial charge in [-0.3, -0.25) is 4.79 Å². The van der Waals surface area contributed by atoms with Gasteiger partial charge in [0.2, 0.25) is 0 Å². The van der Waals surface area contributed by atoms with Gasteiger partial charge in [-0.15, -0.1) is 0 Å². The van der Waals surface area contributed by atoms with Crippen molar-refractivity contribution in [1.29, 1.82) is 0 Å². The predicted molar refractivity (Wildman–Crippen MR) is 83.8 cm³/mol. The molecule has 1 aliphatic carbocycles. The van der Waals surface area contributed by atoms with Gasteiger partial charge < -0.3 is 20.1 Å². The minimum Gasteiger partial charge on any atom is -0.481 e. The van der Waals surface area contributed by atoms with Crippen LogP contribution >= 0.6 is 0 Å². The van der Waals surface area contributed by atoms with Crippen LogP contribution < -0.4 is 0 Å². The van der Waals surface area contributed by atoms with Gasteiger partial charge >= 0.3 is 5.97 Å². The minimum absolute atomic E-state index is 0.0278. The number of carbonyl (C=O) groups is 1. The van der Waals surface area contributed by atoms with Gasteiger partial charge in [-0.25, -0.2) is 0 Å². The summed E-state index contributed by atoms with van der Waals surface area (Å²) in [5.41, 5.74) is 1.11. The van der Waals surface area contributed by atoms with Crippen molar-refractivity contribution in [1.82, 2.24) is 0 Å². The van der Waals surface area contributed by atoms with Crippen molar-refractivity contribution in [2.24, 2.45) is 0 Å². The van der Waals surface area contributed by atoms with Crippen LogP contribution in [0.25, 0.3) is 0 Å². The van der Waals surface area contributed by atoms with Gasteiger partial charge in [-0.2, -0.15) is 0 Å². The van der Waals surface area contributed by atoms with Crippen LogP contribution in [-0.2, 0) is 14.9 Å². The van der Waals surface area contributed by atoms with E-state index in [0.29, 0.717) is 13.2 Å². The van der Waals surface area contributed by atoms with Crippen LogP contribution in [0.1, 0.15) is 37.7 Å². The molecule has 0 atom stereocenters. The quantitative estimate of drug-likeness (QED) is 0.670. The second kappa shape index (κ2) is 10.3. The number of hydrogen-bond acceptors (Lipinski definition) is 4. The van der Waals surface area contributed by atoms with Crippen LogP contribution in [0, 0.1) is 0 Å². The lowest BCUT2D eigenvalue weighted by Crippen LogP contribution is -2.25. The number of carboxylic acid groups (broad SMARTS) is 1. The van der Waals surface area contributed by atoms with Crippen molar-refractivity contribution >= 4 is 5.97 Å². The van der Waals surface area contributed by atoms with E-state index in [4.69, 9.17) is 15.3 Å². The highest BCUT2D eigenvalue weighted by Crippen LogP contribution is 2.43. The van der Waals surface area contributed by atoms with Gasteiger partial charge in [0.05, 0.1) is 32.8 Å². The molecule has 0 spiro atoms. The van der Waals surface area contributed by atoms with Crippen molar-refractivity contribution in [2.45, 2.75) is 37.5 Å². The zero-order chi connectivity index (χ0) is 16.3. The SMILES string of the molecule is O=C(O)CC1(c2ccccc2)CCCC1.OCCOCCO. The summed E-state index contributed by atoms with van der Waals surface area (Å²) in [7, 11) is 0. The molecule has 5 nitrogen and oxygen atoms in total. The molecule has 3 N–H and O–H groups in total. The van der Waals surface area contributed by atoms with Crippen LogP contribution in [-0.4, -0.2) is 47.7 Å². The maximum atomic E-state index is 10.9. The van der Waals surface area contributed by atoms with E-state index in [1.54, 1.807) is 0 Å². The van der Waals surface area contributed by atoms with E-state index in [1.807, 2.05) is 18.2 Å². The zero-order valence-corrected chi connectivity index (χ0v) is 12.9. The first-order valence-electron chi connectivity index (χ1n) is 7.71. The summed E-state index contributed by atoms with van der Waals surface area (Å²) in [6, 6.07) is 10.1. The van der Waals surface area contributed by atoms with Crippen LogP contribution in [0.2, 0.25) is 0 Å². The molecule has 5 heteroatoms. The Hall–Kier alpha value is -1.43. The molecule has 0 amide bonds. The zero-order valence-electron chi connectivity index (χ0n) is 12.9. The Kier molecular flexibility index (Phi) is 8.74. The molecule has 1 saturated carbocycles. The van der Waals surface area contributed by atoms with Gasteiger partial charge in [0.1, 0.15) is 0 Å². The number of benzene rings is 1. The molecule has 0 heterocycles. The Balaban J connectivity index is 0.000000295. The molecule has 0 unspecified atom stereocenters. The number of aliphatic carboxylic acids is 1. The molecule has 1 aliphatic rings. The fourth-order valence-electron chi connectivity index (χ4n) is 2.93. The molecule has 0 aliphatic heterocycles. The standard InChI is InChI=1S/C13H16O2.C4H10O3/c14-12(15)10-13(8-4-5-9-13)11-6-2-1-3-7-11;5-1-3-7-4-2-6/h1-3,6-7H,4-5,8-10H2,(H,14,15);5-6H,1-4H2. The molecule has 0 radical (unpaired) electrons. The molecule has 0 bridgehead atoms. The predicted octanol–water partition coefficient (Wildman–Crippen LogP) is 1.96. The van der Waals surface area contributed by atoms with E-state index < -0.39 is 5.97 Å². The third-order valence-corrected chi connectivity index (χ3v) is 3.91. The van der Waals surface area contributed by atoms with Crippen molar-refractivity contribution in [3.05, 3.63) is 35.9 Å². The Morgan fingerprint density at radius 3 is 2.05 bits per heavy atom. The second-order valence-corrected chi connectivity index (χ2v) is 5.48. The van der Waals surface area contributed by atoms with E-state index >= 15 is 0 Å². The average Bonchev–Trinajstić information content (AvgIpc) is 2.98. The first-order chi connectivity index (χ1) is 10.6. The molecule has 0 aromatic heterocycles. The summed E-state index contributed by atoms with van der Waals surface area (Å²) in [5.74, 6) is -0.680. The first kappa shape index (κ1) is 18.6. The van der Waals surface area contributed by atoms with Gasteiger partial charge in [-0.05, 0) is 18.4 Å². The summed E-state index contributed by atoms with van der Waals surface area (Å²) in [6.45, 7) is 0.696. The second-order valence-electron chi connectivity index (χ2n) is 5.48. The topological polar surface area (TPSA) is 87.0 Å². The third-order valence-electron chi connectivity index (χ3n) is 3.91. The smallest absolute Gasteiger partial charge is 0.304 e. The molecular formula is C17H26O5. The Labute approximate surface area is 131 Å². The normalized spacial score (nSPS) is 15.9. The maximum absolute atomic E-state index is 10.9. The van der Waals surface area contributed by atoms with Crippen molar-refractivity contribution in [3.63, 3.8) is 0 Å². The number of hydrogen-bond donors (Lipinski definition) is 3. The van der Waals surface area contributed by atoms with Crippen molar-refractivity contribution < 1.29 is 24.9 Å². The largest absolute Gasteiger partial charge is 0.481 e. The molecular weight excluding hydrogens is 284 g/mol. The van der Waals surface area contributed by atoms with Crippen LogP contribution in [0.3, 0.4) is 0 Å². The molecule has 1 aromatic carbocycles. The van der Waals surface area contributed by atoms with Gasteiger partial charge in [0, 0.05) is 5.41 Å². The fourth-order valence-corrected chi connectivity index (χ4v) is 2.93. The van der Waals surface area contributed by atoms with E-state index in [0.717, 1.165) is 25.7 Å². The first-order valence-corrected chi connectivity index (χ1v) is 7.71. The summed E-state index contributed by atoms with van der Waals surface area (Å²) >= 11 is 0. The molecule has 0 saturated heterocycles. The monoisotopic (exact) mass is 310 g/mol. The average molecular weight is 310 g/mol. The highest BCUT2D eigenvalue weighted by molar-refractivity contribution is 5.69. The highest BCUT2D eigenvalue weighted by atomic mass is 16.5. The third kappa shape index (κ3) is 6.13. The number of rotatable bonds is 7. The van der Waals surface area contributed by atoms with E-state index in [2.05, 4.69) is 16.9 Å². The van der Waals surface area contributed by atoms with Gasteiger partial charge in [-0.1, -0.05) is 43.2 Å². The summed E-state index contributed by atoms with van der Waals surface area (Å²) < 4.78 is 4.63. The lowest BCUT2D eigenvalue weighted by atomic mass is 9.76. The van der Waals surface area contributed by atoms with E-state index in [1.165, 1.54) is 5.56 Å². The number of aliphatic hydroxyl groups is 2. The molecule has 22 heavy (non-hydrogen) atoms. The summed E-state index contributed by atoms with van der Waals surface area (Å²) in [6.07, 6.45) is 4.62. The van der Waals surface area contributed by atoms with E-state index in [-0.39, 0.29) is 25.0 Å². The van der Waals surface area contributed by atoms with Crippen molar-refractivity contribution in [2.75, 3.05) is 26.4 Å². The van der Waals surface area contributed by atoms with Crippen LogP contribution in [0.5, 0.6) is 0 Å². The van der Waals surface area contributed by atoms with Crippen molar-refractivity contribution in [3.8, 4) is 0 Å². The molecule has 1 aromatic rings. The molecule has 124 valence electrons.